The summed E-state index contributed by atoms with van der Waals surface area (Å²) in [5, 5.41) is 5.76. The first-order chi connectivity index (χ1) is 14.1. The molecule has 1 aliphatic carbocycles. The molecule has 1 heterocycles. The normalized spacial score (nSPS) is 18.6. The smallest absolute Gasteiger partial charge is 0.251 e. The molecule has 1 atom stereocenters. The van der Waals surface area contributed by atoms with Crippen molar-refractivity contribution in [3.8, 4) is 0 Å². The highest BCUT2D eigenvalue weighted by molar-refractivity contribution is 5.96. The van der Waals surface area contributed by atoms with Crippen LogP contribution in [0.4, 0.5) is 0 Å². The van der Waals surface area contributed by atoms with Crippen LogP contribution in [0.15, 0.2) is 24.3 Å². The summed E-state index contributed by atoms with van der Waals surface area (Å²) in [6.45, 7) is 10.7. The largest absolute Gasteiger partial charge is 0.352 e. The molecule has 164 valence electrons. The molecule has 1 unspecified atom stereocenters. The lowest BCUT2D eigenvalue weighted by atomic mass is 9.87. The van der Waals surface area contributed by atoms with Gasteiger partial charge in [-0.05, 0) is 42.9 Å². The van der Waals surface area contributed by atoms with Crippen LogP contribution in [0.25, 0.3) is 0 Å². The van der Waals surface area contributed by atoms with Gasteiger partial charge in [-0.3, -0.25) is 19.3 Å². The highest BCUT2D eigenvalue weighted by atomic mass is 16.2. The second kappa shape index (κ2) is 9.16. The van der Waals surface area contributed by atoms with Crippen LogP contribution in [-0.2, 0) is 15.0 Å². The topological polar surface area (TPSA) is 81.8 Å². The van der Waals surface area contributed by atoms with Crippen molar-refractivity contribution >= 4 is 17.7 Å². The fourth-order valence-corrected chi connectivity index (χ4v) is 3.57. The minimum atomic E-state index is -0.243. The predicted octanol–water partition coefficient (Wildman–Crippen LogP) is 1.53. The molecule has 0 spiro atoms. The van der Waals surface area contributed by atoms with E-state index >= 15 is 0 Å². The molecule has 7 nitrogen and oxygen atoms in total. The number of carbonyl (C=O) groups is 3. The average Bonchev–Trinajstić information content (AvgIpc) is 3.54. The van der Waals surface area contributed by atoms with Gasteiger partial charge in [0.15, 0.2) is 0 Å². The van der Waals surface area contributed by atoms with Crippen molar-refractivity contribution < 1.29 is 14.4 Å². The molecule has 1 aliphatic heterocycles. The van der Waals surface area contributed by atoms with Gasteiger partial charge in [-0.1, -0.05) is 32.9 Å². The number of nitrogens with zero attached hydrogens (tertiary/aromatic N) is 2. The fraction of sp³-hybridized carbons (Fsp3) is 0.609. The number of benzene rings is 1. The van der Waals surface area contributed by atoms with E-state index in [1.807, 2.05) is 19.1 Å². The van der Waals surface area contributed by atoms with E-state index < -0.39 is 0 Å². The van der Waals surface area contributed by atoms with Crippen LogP contribution in [0.1, 0.15) is 56.5 Å². The third kappa shape index (κ3) is 5.81. The number of nitrogens with one attached hydrogen (secondary N) is 2. The van der Waals surface area contributed by atoms with E-state index in [0.717, 1.165) is 18.4 Å². The number of carbonyl (C=O) groups excluding carboxylic acids is 3. The van der Waals surface area contributed by atoms with Crippen molar-refractivity contribution in [1.29, 1.82) is 0 Å². The molecule has 2 fully saturated rings. The second-order valence-corrected chi connectivity index (χ2v) is 9.39. The summed E-state index contributed by atoms with van der Waals surface area (Å²) in [5.74, 6) is -0.265. The van der Waals surface area contributed by atoms with E-state index in [1.54, 1.807) is 17.0 Å². The van der Waals surface area contributed by atoms with Crippen LogP contribution in [0.5, 0.6) is 0 Å². The van der Waals surface area contributed by atoms with Crippen molar-refractivity contribution in [2.24, 2.45) is 0 Å². The molecule has 1 aromatic carbocycles. The van der Waals surface area contributed by atoms with E-state index in [-0.39, 0.29) is 35.7 Å². The molecular weight excluding hydrogens is 380 g/mol. The van der Waals surface area contributed by atoms with Crippen LogP contribution in [-0.4, -0.2) is 72.3 Å². The number of rotatable bonds is 6. The Kier molecular flexibility index (Phi) is 6.81. The SMILES string of the molecule is CC(C(=O)NC1CC1)N1CCN(C(=O)CNC(=O)c2ccc(C(C)(C)C)cc2)CC1. The fourth-order valence-electron chi connectivity index (χ4n) is 3.57. The number of hydrogen-bond acceptors (Lipinski definition) is 4. The summed E-state index contributed by atoms with van der Waals surface area (Å²) in [7, 11) is 0. The van der Waals surface area contributed by atoms with Gasteiger partial charge >= 0.3 is 0 Å². The summed E-state index contributed by atoms with van der Waals surface area (Å²) in [6, 6.07) is 7.68. The Labute approximate surface area is 179 Å². The van der Waals surface area contributed by atoms with Gasteiger partial charge in [-0.15, -0.1) is 0 Å². The lowest BCUT2D eigenvalue weighted by Crippen LogP contribution is -2.56. The Morgan fingerprint density at radius 1 is 1.03 bits per heavy atom. The van der Waals surface area contributed by atoms with Gasteiger partial charge in [0.05, 0.1) is 12.6 Å². The monoisotopic (exact) mass is 414 g/mol. The van der Waals surface area contributed by atoms with E-state index in [0.29, 0.717) is 37.8 Å². The number of amides is 3. The van der Waals surface area contributed by atoms with Crippen LogP contribution < -0.4 is 10.6 Å². The van der Waals surface area contributed by atoms with Crippen molar-refractivity contribution in [1.82, 2.24) is 20.4 Å². The summed E-state index contributed by atoms with van der Waals surface area (Å²) in [6.07, 6.45) is 2.15. The average molecular weight is 415 g/mol. The Balaban J connectivity index is 1.42. The molecular formula is C23H34N4O3. The first-order valence-corrected chi connectivity index (χ1v) is 10.9. The van der Waals surface area contributed by atoms with Crippen molar-refractivity contribution in [3.05, 3.63) is 35.4 Å². The number of hydrogen-bond donors (Lipinski definition) is 2. The Morgan fingerprint density at radius 2 is 1.63 bits per heavy atom. The summed E-state index contributed by atoms with van der Waals surface area (Å²) >= 11 is 0. The summed E-state index contributed by atoms with van der Waals surface area (Å²) < 4.78 is 0. The minimum Gasteiger partial charge on any atom is -0.352 e. The molecule has 3 rings (SSSR count). The van der Waals surface area contributed by atoms with E-state index in [9.17, 15) is 14.4 Å². The quantitative estimate of drug-likeness (QED) is 0.740. The molecule has 1 saturated carbocycles. The predicted molar refractivity (Wildman–Crippen MR) is 116 cm³/mol. The second-order valence-electron chi connectivity index (χ2n) is 9.39. The highest BCUT2D eigenvalue weighted by Crippen LogP contribution is 2.22. The lowest BCUT2D eigenvalue weighted by Gasteiger charge is -2.37. The Morgan fingerprint density at radius 3 is 2.17 bits per heavy atom. The molecule has 0 radical (unpaired) electrons. The van der Waals surface area contributed by atoms with Gasteiger partial charge in [0.1, 0.15) is 0 Å². The maximum absolute atomic E-state index is 12.5. The first kappa shape index (κ1) is 22.3. The zero-order valence-corrected chi connectivity index (χ0v) is 18.5. The standard InChI is InChI=1S/C23H34N4O3/c1-16(21(29)25-19-9-10-19)26-11-13-27(14-12-26)20(28)15-24-22(30)17-5-7-18(8-6-17)23(2,3)4/h5-8,16,19H,9-15H2,1-4H3,(H,24,30)(H,25,29). The van der Waals surface area contributed by atoms with E-state index in [1.165, 1.54) is 0 Å². The van der Waals surface area contributed by atoms with Crippen molar-refractivity contribution in [2.75, 3.05) is 32.7 Å². The minimum absolute atomic E-state index is 0.0163. The molecule has 30 heavy (non-hydrogen) atoms. The summed E-state index contributed by atoms with van der Waals surface area (Å²) in [5.41, 5.74) is 1.74. The van der Waals surface area contributed by atoms with Crippen LogP contribution >= 0.6 is 0 Å². The lowest BCUT2D eigenvalue weighted by molar-refractivity contribution is -0.133. The van der Waals surface area contributed by atoms with Crippen molar-refractivity contribution in [2.45, 2.75) is 58.0 Å². The molecule has 0 aromatic heterocycles. The highest BCUT2D eigenvalue weighted by Gasteiger charge is 2.30. The van der Waals surface area contributed by atoms with Crippen LogP contribution in [0.3, 0.4) is 0 Å². The summed E-state index contributed by atoms with van der Waals surface area (Å²) in [4.78, 5) is 40.9. The molecule has 1 aromatic rings. The van der Waals surface area contributed by atoms with Gasteiger partial charge in [-0.25, -0.2) is 0 Å². The third-order valence-corrected chi connectivity index (χ3v) is 5.93. The molecule has 7 heteroatoms. The zero-order chi connectivity index (χ0) is 21.9. The molecule has 3 amide bonds. The Hall–Kier alpha value is -2.41. The van der Waals surface area contributed by atoms with Crippen LogP contribution in [0.2, 0.25) is 0 Å². The molecule has 2 N–H and O–H groups in total. The van der Waals surface area contributed by atoms with Crippen molar-refractivity contribution in [3.63, 3.8) is 0 Å². The molecule has 1 saturated heterocycles. The van der Waals surface area contributed by atoms with E-state index in [4.69, 9.17) is 0 Å². The van der Waals surface area contributed by atoms with Gasteiger partial charge < -0.3 is 15.5 Å². The van der Waals surface area contributed by atoms with Gasteiger partial charge in [0.25, 0.3) is 5.91 Å². The number of piperazine rings is 1. The molecule has 2 aliphatic rings. The van der Waals surface area contributed by atoms with Gasteiger partial charge in [-0.2, -0.15) is 0 Å². The van der Waals surface area contributed by atoms with Gasteiger partial charge in [0, 0.05) is 37.8 Å². The Bertz CT molecular complexity index is 773. The van der Waals surface area contributed by atoms with Gasteiger partial charge in [0.2, 0.25) is 11.8 Å². The molecule has 0 bridgehead atoms. The maximum atomic E-state index is 12.5. The first-order valence-electron chi connectivity index (χ1n) is 10.9. The zero-order valence-electron chi connectivity index (χ0n) is 18.5. The maximum Gasteiger partial charge on any atom is 0.251 e. The third-order valence-electron chi connectivity index (χ3n) is 5.93. The van der Waals surface area contributed by atoms with E-state index in [2.05, 4.69) is 36.3 Å². The van der Waals surface area contributed by atoms with Crippen LogP contribution in [0, 0.1) is 0 Å².